The van der Waals surface area contributed by atoms with Gasteiger partial charge < -0.3 is 30.3 Å². The van der Waals surface area contributed by atoms with Crippen molar-refractivity contribution in [2.75, 3.05) is 13.1 Å². The third kappa shape index (κ3) is 9.31. The predicted octanol–water partition coefficient (Wildman–Crippen LogP) is 3.65. The molecule has 274 valence electrons. The lowest BCUT2D eigenvalue weighted by molar-refractivity contribution is -0.154. The number of ether oxygens (including phenoxy) is 2. The van der Waals surface area contributed by atoms with Crippen LogP contribution < -0.4 is 16.0 Å². The van der Waals surface area contributed by atoms with Gasteiger partial charge in [0.2, 0.25) is 17.6 Å². The quantitative estimate of drug-likeness (QED) is 0.160. The van der Waals surface area contributed by atoms with Gasteiger partial charge in [0.15, 0.2) is 0 Å². The second-order valence-corrected chi connectivity index (χ2v) is 16.3. The highest BCUT2D eigenvalue weighted by atomic mass is 16.6. The average Bonchev–Trinajstić information content (AvgIpc) is 3.36. The number of Topliss-reactive ketones (excluding diaryl/α,β-unsaturated/α-hetero) is 1. The van der Waals surface area contributed by atoms with Crippen LogP contribution in [-0.2, 0) is 46.3 Å². The Labute approximate surface area is 295 Å². The summed E-state index contributed by atoms with van der Waals surface area (Å²) in [5.41, 5.74) is 0.515. The van der Waals surface area contributed by atoms with Crippen LogP contribution in [-0.4, -0.2) is 82.9 Å². The number of allylic oxidation sites excluding steroid dienone is 1. The number of amides is 4. The van der Waals surface area contributed by atoms with E-state index in [4.69, 9.17) is 9.47 Å². The Morgan fingerprint density at radius 3 is 2.12 bits per heavy atom. The normalized spacial score (nSPS) is 21.9. The zero-order chi connectivity index (χ0) is 37.2. The zero-order valence-corrected chi connectivity index (χ0v) is 30.7. The third-order valence-corrected chi connectivity index (χ3v) is 9.80. The molecule has 1 aliphatic heterocycles. The molecule has 1 saturated heterocycles. The molecule has 5 atom stereocenters. The van der Waals surface area contributed by atoms with E-state index in [2.05, 4.69) is 22.5 Å². The predicted molar refractivity (Wildman–Crippen MR) is 187 cm³/mol. The second-order valence-electron chi connectivity index (χ2n) is 16.3. The Hall–Kier alpha value is -4.22. The Balaban J connectivity index is 1.52. The largest absolute Gasteiger partial charge is 0.460 e. The van der Waals surface area contributed by atoms with Crippen LogP contribution in [0.2, 0.25) is 0 Å². The minimum Gasteiger partial charge on any atom is -0.460 e. The number of nitrogens with zero attached hydrogens (tertiary/aromatic N) is 1. The van der Waals surface area contributed by atoms with Crippen LogP contribution in [0.5, 0.6) is 0 Å². The van der Waals surface area contributed by atoms with Crippen molar-refractivity contribution in [2.45, 2.75) is 117 Å². The molecule has 0 bridgehead atoms. The molecule has 2 fully saturated rings. The third-order valence-electron chi connectivity index (χ3n) is 9.80. The number of hydrogen-bond acceptors (Lipinski definition) is 8. The standard InChI is InChI=1S/C38H54N4O8/c1-10-11-16-26(31(44)33(46)39-18-17-27(43)49-36(2,3)4)40-32(45)30-28-25(38(28,8)9)21-42(30)34(47)29(41-35(48)50-37(5,6)7)24-19-22-14-12-13-15-23(22)20-24/h10,12-15,24-26,28-30H,1,11,16-21H2,2-9H3,(H,39,46)(H,40,45)(H,41,48). The fraction of sp³-hybridized carbons (Fsp3) is 0.632. The number of carbonyl (C=O) groups is 6. The summed E-state index contributed by atoms with van der Waals surface area (Å²) >= 11 is 0. The summed E-state index contributed by atoms with van der Waals surface area (Å²) in [6, 6.07) is 4.87. The van der Waals surface area contributed by atoms with Gasteiger partial charge in [0.05, 0.1) is 12.5 Å². The maximum Gasteiger partial charge on any atom is 0.408 e. The molecule has 0 spiro atoms. The first kappa shape index (κ1) is 38.6. The monoisotopic (exact) mass is 694 g/mol. The van der Waals surface area contributed by atoms with E-state index in [-0.39, 0.29) is 48.5 Å². The summed E-state index contributed by atoms with van der Waals surface area (Å²) in [5.74, 6) is -3.62. The molecule has 5 unspecified atom stereocenters. The molecule has 12 nitrogen and oxygen atoms in total. The number of fused-ring (bicyclic) bond motifs is 2. The Morgan fingerprint density at radius 2 is 1.56 bits per heavy atom. The smallest absolute Gasteiger partial charge is 0.408 e. The van der Waals surface area contributed by atoms with Crippen LogP contribution in [0.15, 0.2) is 36.9 Å². The Bertz CT molecular complexity index is 1480. The minimum absolute atomic E-state index is 0.0450. The highest BCUT2D eigenvalue weighted by Crippen LogP contribution is 2.65. The van der Waals surface area contributed by atoms with E-state index in [1.165, 1.54) is 4.90 Å². The molecule has 1 heterocycles. The molecule has 1 aromatic carbocycles. The molecular weight excluding hydrogens is 640 g/mol. The molecule has 4 amide bonds. The molecule has 0 aromatic heterocycles. The zero-order valence-electron chi connectivity index (χ0n) is 30.7. The summed E-state index contributed by atoms with van der Waals surface area (Å²) < 4.78 is 10.8. The molecule has 0 radical (unpaired) electrons. The van der Waals surface area contributed by atoms with E-state index in [1.54, 1.807) is 47.6 Å². The van der Waals surface area contributed by atoms with Crippen LogP contribution in [0, 0.1) is 23.2 Å². The molecule has 4 rings (SSSR count). The molecule has 12 heteroatoms. The van der Waals surface area contributed by atoms with Gasteiger partial charge in [-0.15, -0.1) is 6.58 Å². The molecular formula is C38H54N4O8. The topological polar surface area (TPSA) is 160 Å². The van der Waals surface area contributed by atoms with Crippen LogP contribution >= 0.6 is 0 Å². The van der Waals surface area contributed by atoms with Gasteiger partial charge in [-0.3, -0.25) is 24.0 Å². The van der Waals surface area contributed by atoms with E-state index in [9.17, 15) is 28.8 Å². The lowest BCUT2D eigenvalue weighted by atomic mass is 9.93. The first-order chi connectivity index (χ1) is 23.2. The fourth-order valence-corrected chi connectivity index (χ4v) is 7.36. The maximum atomic E-state index is 14.5. The Kier molecular flexibility index (Phi) is 11.5. The van der Waals surface area contributed by atoms with Crippen molar-refractivity contribution in [1.29, 1.82) is 0 Å². The van der Waals surface area contributed by atoms with Gasteiger partial charge in [-0.1, -0.05) is 44.2 Å². The first-order valence-electron chi connectivity index (χ1n) is 17.6. The van der Waals surface area contributed by atoms with Crippen molar-refractivity contribution in [1.82, 2.24) is 20.9 Å². The van der Waals surface area contributed by atoms with Gasteiger partial charge in [0.25, 0.3) is 5.91 Å². The van der Waals surface area contributed by atoms with Crippen molar-refractivity contribution < 1.29 is 38.2 Å². The van der Waals surface area contributed by atoms with Gasteiger partial charge in [-0.2, -0.15) is 0 Å². The first-order valence-corrected chi connectivity index (χ1v) is 17.6. The lowest BCUT2D eigenvalue weighted by Crippen LogP contribution is -2.59. The minimum atomic E-state index is -1.18. The number of benzene rings is 1. The number of nitrogens with one attached hydrogen (secondary N) is 3. The van der Waals surface area contributed by atoms with Crippen molar-refractivity contribution in [3.63, 3.8) is 0 Å². The number of esters is 1. The number of ketones is 1. The van der Waals surface area contributed by atoms with E-state index in [1.807, 2.05) is 38.1 Å². The summed E-state index contributed by atoms with van der Waals surface area (Å²) in [5, 5.41) is 8.09. The number of alkyl carbamates (subject to hydrolysis) is 1. The molecule has 50 heavy (non-hydrogen) atoms. The molecule has 1 aromatic rings. The van der Waals surface area contributed by atoms with Crippen molar-refractivity contribution in [2.24, 2.45) is 23.2 Å². The van der Waals surface area contributed by atoms with Gasteiger partial charge in [0, 0.05) is 13.1 Å². The van der Waals surface area contributed by atoms with Crippen LogP contribution in [0.3, 0.4) is 0 Å². The molecule has 3 aliphatic rings. The van der Waals surface area contributed by atoms with Crippen molar-refractivity contribution >= 4 is 35.6 Å². The van der Waals surface area contributed by atoms with Gasteiger partial charge >= 0.3 is 12.1 Å². The highest BCUT2D eigenvalue weighted by molar-refractivity contribution is 6.38. The molecule has 1 saturated carbocycles. The summed E-state index contributed by atoms with van der Waals surface area (Å²) in [6.45, 7) is 18.4. The fourth-order valence-electron chi connectivity index (χ4n) is 7.36. The summed E-state index contributed by atoms with van der Waals surface area (Å²) in [6.07, 6.45) is 2.36. The number of hydrogen-bond donors (Lipinski definition) is 3. The van der Waals surface area contributed by atoms with Crippen LogP contribution in [0.25, 0.3) is 0 Å². The number of likely N-dealkylation sites (tertiary alicyclic amines) is 1. The molecule has 2 aliphatic carbocycles. The van der Waals surface area contributed by atoms with Gasteiger partial charge in [-0.25, -0.2) is 4.79 Å². The SMILES string of the molecule is C=CCCC(NC(=O)C1C2C(CN1C(=O)C(NC(=O)OC(C)(C)C)C1Cc3ccccc3C1)C2(C)C)C(=O)C(=O)NCCC(=O)OC(C)(C)C. The van der Waals surface area contributed by atoms with E-state index >= 15 is 0 Å². The highest BCUT2D eigenvalue weighted by Gasteiger charge is 2.69. The summed E-state index contributed by atoms with van der Waals surface area (Å²) in [4.78, 5) is 81.6. The van der Waals surface area contributed by atoms with Crippen molar-refractivity contribution in [3.05, 3.63) is 48.0 Å². The van der Waals surface area contributed by atoms with Crippen molar-refractivity contribution in [3.8, 4) is 0 Å². The van der Waals surface area contributed by atoms with E-state index in [0.29, 0.717) is 25.8 Å². The van der Waals surface area contributed by atoms with Crippen LogP contribution in [0.4, 0.5) is 4.79 Å². The second kappa shape index (κ2) is 14.9. The average molecular weight is 695 g/mol. The lowest BCUT2D eigenvalue weighted by Gasteiger charge is -2.35. The van der Waals surface area contributed by atoms with Gasteiger partial charge in [-0.05, 0) is 102 Å². The van der Waals surface area contributed by atoms with Crippen LogP contribution in [0.1, 0.15) is 85.8 Å². The number of carbonyl (C=O) groups excluding carboxylic acids is 6. The number of rotatable bonds is 13. The Morgan fingerprint density at radius 1 is 0.960 bits per heavy atom. The number of piperidine rings is 1. The van der Waals surface area contributed by atoms with Gasteiger partial charge in [0.1, 0.15) is 23.3 Å². The summed E-state index contributed by atoms with van der Waals surface area (Å²) in [7, 11) is 0. The maximum absolute atomic E-state index is 14.5. The molecule has 3 N–H and O–H groups in total. The van der Waals surface area contributed by atoms with E-state index < -0.39 is 59.0 Å². The van der Waals surface area contributed by atoms with E-state index in [0.717, 1.165) is 11.1 Å².